The van der Waals surface area contributed by atoms with Gasteiger partial charge >= 0.3 is 5.97 Å². The fourth-order valence-electron chi connectivity index (χ4n) is 3.59. The molecule has 0 saturated carbocycles. The highest BCUT2D eigenvalue weighted by Gasteiger charge is 2.47. The zero-order valence-electron chi connectivity index (χ0n) is 16.8. The Morgan fingerprint density at radius 1 is 1.10 bits per heavy atom. The molecule has 160 valence electrons. The summed E-state index contributed by atoms with van der Waals surface area (Å²) in [5, 5.41) is 9.64. The molecule has 3 aromatic rings. The van der Waals surface area contributed by atoms with Gasteiger partial charge in [0.15, 0.2) is 5.60 Å². The number of ether oxygens (including phenoxy) is 1. The highest BCUT2D eigenvalue weighted by Crippen LogP contribution is 2.43. The van der Waals surface area contributed by atoms with Crippen LogP contribution < -0.4 is 10.5 Å². The van der Waals surface area contributed by atoms with E-state index in [4.69, 9.17) is 27.2 Å². The lowest BCUT2D eigenvalue weighted by Gasteiger charge is -2.49. The summed E-state index contributed by atoms with van der Waals surface area (Å²) in [5.41, 5.74) is 7.20. The SMILES string of the molecule is NC(Cc1cccc(SN2CC(Oc3ccccc3Cl)(c3ccccc3)C2)c1)C(=O)O. The van der Waals surface area contributed by atoms with Crippen LogP contribution in [0.25, 0.3) is 0 Å². The van der Waals surface area contributed by atoms with Gasteiger partial charge in [0.2, 0.25) is 0 Å². The number of aliphatic carboxylic acids is 1. The van der Waals surface area contributed by atoms with Gasteiger partial charge in [0, 0.05) is 4.90 Å². The summed E-state index contributed by atoms with van der Waals surface area (Å²) in [6.45, 7) is 1.37. The Morgan fingerprint density at radius 2 is 1.81 bits per heavy atom. The van der Waals surface area contributed by atoms with Crippen molar-refractivity contribution in [1.29, 1.82) is 0 Å². The molecule has 0 aromatic heterocycles. The normalized spacial score (nSPS) is 16.3. The van der Waals surface area contributed by atoms with E-state index >= 15 is 0 Å². The van der Waals surface area contributed by atoms with Crippen LogP contribution in [-0.4, -0.2) is 34.5 Å². The van der Waals surface area contributed by atoms with E-state index in [0.717, 1.165) is 16.0 Å². The molecule has 1 aliphatic rings. The van der Waals surface area contributed by atoms with Crippen LogP contribution in [0.4, 0.5) is 0 Å². The molecule has 0 amide bonds. The minimum atomic E-state index is -0.995. The third-order valence-corrected chi connectivity index (χ3v) is 6.50. The molecule has 3 aromatic carbocycles. The quantitative estimate of drug-likeness (QED) is 0.485. The first-order valence-electron chi connectivity index (χ1n) is 9.94. The first-order valence-corrected chi connectivity index (χ1v) is 11.1. The number of hydrogen-bond acceptors (Lipinski definition) is 5. The van der Waals surface area contributed by atoms with Crippen molar-refractivity contribution in [3.8, 4) is 5.75 Å². The van der Waals surface area contributed by atoms with Crippen molar-refractivity contribution < 1.29 is 14.6 Å². The van der Waals surface area contributed by atoms with Crippen molar-refractivity contribution in [3.63, 3.8) is 0 Å². The second kappa shape index (κ2) is 9.32. The van der Waals surface area contributed by atoms with Gasteiger partial charge in [-0.05, 0) is 53.8 Å². The van der Waals surface area contributed by atoms with E-state index < -0.39 is 17.6 Å². The van der Waals surface area contributed by atoms with Gasteiger partial charge in [0.1, 0.15) is 11.8 Å². The van der Waals surface area contributed by atoms with Gasteiger partial charge in [-0.3, -0.25) is 4.79 Å². The molecular weight excluding hydrogens is 432 g/mol. The molecule has 5 nitrogen and oxygen atoms in total. The largest absolute Gasteiger partial charge is 0.480 e. The zero-order chi connectivity index (χ0) is 21.8. The standard InChI is InChI=1S/C24H23ClN2O3S/c25-20-11-4-5-12-22(20)30-24(18-8-2-1-3-9-18)15-27(16-24)31-19-10-6-7-17(13-19)14-21(26)23(28)29/h1-13,21H,14-16,26H2,(H,28,29). The molecule has 1 unspecified atom stereocenters. The third kappa shape index (κ3) is 5.05. The lowest BCUT2D eigenvalue weighted by atomic mass is 9.87. The Labute approximate surface area is 190 Å². The van der Waals surface area contributed by atoms with Crippen LogP contribution in [0.1, 0.15) is 11.1 Å². The smallest absolute Gasteiger partial charge is 0.320 e. The van der Waals surface area contributed by atoms with E-state index in [1.807, 2.05) is 66.7 Å². The van der Waals surface area contributed by atoms with Crippen molar-refractivity contribution in [2.24, 2.45) is 5.73 Å². The topological polar surface area (TPSA) is 75.8 Å². The number of hydrogen-bond donors (Lipinski definition) is 2. The number of benzene rings is 3. The number of carboxylic acids is 1. The van der Waals surface area contributed by atoms with E-state index in [9.17, 15) is 4.79 Å². The highest BCUT2D eigenvalue weighted by atomic mass is 35.5. The average Bonchev–Trinajstić information content (AvgIpc) is 2.74. The summed E-state index contributed by atoms with van der Waals surface area (Å²) >= 11 is 7.97. The van der Waals surface area contributed by atoms with Gasteiger partial charge in [-0.1, -0.05) is 66.2 Å². The fraction of sp³-hybridized carbons (Fsp3) is 0.208. The van der Waals surface area contributed by atoms with Crippen molar-refractivity contribution in [2.45, 2.75) is 23.0 Å². The second-order valence-electron chi connectivity index (χ2n) is 7.58. The molecule has 31 heavy (non-hydrogen) atoms. The average molecular weight is 455 g/mol. The van der Waals surface area contributed by atoms with Gasteiger partial charge in [0.05, 0.1) is 18.1 Å². The van der Waals surface area contributed by atoms with Gasteiger partial charge < -0.3 is 15.6 Å². The molecule has 1 atom stereocenters. The summed E-state index contributed by atoms with van der Waals surface area (Å²) in [6.07, 6.45) is 0.299. The number of carbonyl (C=O) groups is 1. The monoisotopic (exact) mass is 454 g/mol. The van der Waals surface area contributed by atoms with Crippen molar-refractivity contribution >= 4 is 29.5 Å². The van der Waals surface area contributed by atoms with E-state index in [2.05, 4.69) is 16.4 Å². The molecule has 1 saturated heterocycles. The van der Waals surface area contributed by atoms with Crippen LogP contribution in [0.2, 0.25) is 5.02 Å². The van der Waals surface area contributed by atoms with Gasteiger partial charge in [-0.2, -0.15) is 0 Å². The van der Waals surface area contributed by atoms with Crippen molar-refractivity contribution in [1.82, 2.24) is 4.31 Å². The minimum absolute atomic E-state index is 0.299. The predicted octanol–water partition coefficient (Wildman–Crippen LogP) is 4.59. The van der Waals surface area contributed by atoms with E-state index in [1.54, 1.807) is 11.9 Å². The Hall–Kier alpha value is -2.51. The number of para-hydroxylation sites is 1. The zero-order valence-corrected chi connectivity index (χ0v) is 18.4. The molecule has 1 heterocycles. The summed E-state index contributed by atoms with van der Waals surface area (Å²) in [7, 11) is 0. The minimum Gasteiger partial charge on any atom is -0.480 e. The fourth-order valence-corrected chi connectivity index (χ4v) is 4.96. The highest BCUT2D eigenvalue weighted by molar-refractivity contribution is 7.97. The van der Waals surface area contributed by atoms with Crippen LogP contribution in [0, 0.1) is 0 Å². The van der Waals surface area contributed by atoms with E-state index in [0.29, 0.717) is 30.3 Å². The number of nitrogens with two attached hydrogens (primary N) is 1. The summed E-state index contributed by atoms with van der Waals surface area (Å²) in [5.74, 6) is -0.326. The molecule has 4 rings (SSSR count). The Bertz CT molecular complexity index is 1060. The Balaban J connectivity index is 1.48. The van der Waals surface area contributed by atoms with Crippen LogP contribution in [-0.2, 0) is 16.8 Å². The Morgan fingerprint density at radius 3 is 2.52 bits per heavy atom. The van der Waals surface area contributed by atoms with E-state index in [-0.39, 0.29) is 0 Å². The lowest BCUT2D eigenvalue weighted by Crippen LogP contribution is -2.59. The maximum atomic E-state index is 11.0. The maximum Gasteiger partial charge on any atom is 0.320 e. The summed E-state index contributed by atoms with van der Waals surface area (Å²) < 4.78 is 8.68. The van der Waals surface area contributed by atoms with Crippen LogP contribution >= 0.6 is 23.5 Å². The predicted molar refractivity (Wildman–Crippen MR) is 123 cm³/mol. The third-order valence-electron chi connectivity index (χ3n) is 5.21. The number of halogens is 1. The molecule has 0 aliphatic carbocycles. The first-order chi connectivity index (χ1) is 14.9. The summed E-state index contributed by atoms with van der Waals surface area (Å²) in [4.78, 5) is 12.1. The van der Waals surface area contributed by atoms with Gasteiger partial charge in [-0.15, -0.1) is 0 Å². The number of nitrogens with zero attached hydrogens (tertiary/aromatic N) is 1. The molecule has 1 fully saturated rings. The van der Waals surface area contributed by atoms with Crippen molar-refractivity contribution in [3.05, 3.63) is 95.0 Å². The van der Waals surface area contributed by atoms with Gasteiger partial charge in [-0.25, -0.2) is 4.31 Å². The molecule has 0 spiro atoms. The number of rotatable bonds is 8. The maximum absolute atomic E-state index is 11.0. The lowest BCUT2D eigenvalue weighted by molar-refractivity contribution is -0.138. The molecule has 1 aliphatic heterocycles. The second-order valence-corrected chi connectivity index (χ2v) is 9.16. The summed E-state index contributed by atoms with van der Waals surface area (Å²) in [6, 6.07) is 24.6. The molecule has 3 N–H and O–H groups in total. The molecule has 0 radical (unpaired) electrons. The van der Waals surface area contributed by atoms with Crippen LogP contribution in [0.15, 0.2) is 83.8 Å². The number of carboxylic acid groups (broad SMARTS) is 1. The van der Waals surface area contributed by atoms with Crippen LogP contribution in [0.5, 0.6) is 5.75 Å². The molecular formula is C24H23ClN2O3S. The van der Waals surface area contributed by atoms with E-state index in [1.165, 1.54) is 0 Å². The first kappa shape index (κ1) is 21.7. The van der Waals surface area contributed by atoms with Gasteiger partial charge in [0.25, 0.3) is 0 Å². The van der Waals surface area contributed by atoms with Crippen LogP contribution in [0.3, 0.4) is 0 Å². The Kier molecular flexibility index (Phi) is 6.53. The molecule has 7 heteroatoms. The van der Waals surface area contributed by atoms with Crippen molar-refractivity contribution in [2.75, 3.05) is 13.1 Å². The molecule has 0 bridgehead atoms.